The Kier molecular flexibility index (Phi) is 9.40. The van der Waals surface area contributed by atoms with Gasteiger partial charge in [0.05, 0.1) is 0 Å². The summed E-state index contributed by atoms with van der Waals surface area (Å²) in [7, 11) is 0. The van der Waals surface area contributed by atoms with Crippen molar-refractivity contribution >= 4 is 11.8 Å². The third kappa shape index (κ3) is 8.14. The smallest absolute Gasteiger partial charge is 0.247 e. The highest BCUT2D eigenvalue weighted by atomic mass is 19.1. The third-order valence-electron chi connectivity index (χ3n) is 5.29. The average molecular weight is 515 g/mol. The molecule has 1 atom stereocenters. The summed E-state index contributed by atoms with van der Waals surface area (Å²) >= 11 is 0. The van der Waals surface area contributed by atoms with Gasteiger partial charge in [0.2, 0.25) is 17.6 Å². The molecule has 0 saturated carbocycles. The number of aromatic nitrogens is 4. The molecule has 0 radical (unpaired) electrons. The Hall–Kier alpha value is -3.73. The fourth-order valence-electron chi connectivity index (χ4n) is 3.67. The molecule has 0 aliphatic rings. The van der Waals surface area contributed by atoms with Gasteiger partial charge in [-0.1, -0.05) is 12.1 Å². The molecule has 0 fully saturated rings. The van der Waals surface area contributed by atoms with Crippen molar-refractivity contribution in [3.05, 3.63) is 65.7 Å². The van der Waals surface area contributed by atoms with Crippen LogP contribution in [0.1, 0.15) is 45.7 Å². The molecule has 0 spiro atoms. The van der Waals surface area contributed by atoms with E-state index in [4.69, 9.17) is 4.74 Å². The average Bonchev–Trinajstić information content (AvgIpc) is 3.29. The second-order valence-corrected chi connectivity index (χ2v) is 9.48. The van der Waals surface area contributed by atoms with E-state index in [-0.39, 0.29) is 18.9 Å². The van der Waals surface area contributed by atoms with Crippen molar-refractivity contribution in [2.24, 2.45) is 0 Å². The van der Waals surface area contributed by atoms with Crippen LogP contribution in [0.2, 0.25) is 0 Å². The number of hydrogen-bond donors (Lipinski definition) is 1. The molecule has 2 aromatic carbocycles. The van der Waals surface area contributed by atoms with Gasteiger partial charge in [-0.15, -0.1) is 10.2 Å². The SMILES string of the molecule is CCOCCCN(C(=O)Cn1nnc(-c2ccc(F)cc2)n1)C(C(=O)NC(C)(C)C)c1ccc(F)cc1. The van der Waals surface area contributed by atoms with Gasteiger partial charge in [0.1, 0.15) is 24.2 Å². The van der Waals surface area contributed by atoms with Crippen LogP contribution in [-0.4, -0.2) is 62.2 Å². The van der Waals surface area contributed by atoms with Crippen LogP contribution in [0, 0.1) is 11.6 Å². The maximum absolute atomic E-state index is 13.7. The second-order valence-electron chi connectivity index (χ2n) is 9.48. The van der Waals surface area contributed by atoms with Crippen LogP contribution in [0.5, 0.6) is 0 Å². The highest BCUT2D eigenvalue weighted by Gasteiger charge is 2.33. The normalized spacial score (nSPS) is 12.3. The summed E-state index contributed by atoms with van der Waals surface area (Å²) in [4.78, 5) is 29.6. The van der Waals surface area contributed by atoms with Gasteiger partial charge < -0.3 is 15.0 Å². The van der Waals surface area contributed by atoms with E-state index in [1.807, 2.05) is 27.7 Å². The minimum atomic E-state index is -1.02. The molecule has 2 amide bonds. The van der Waals surface area contributed by atoms with Gasteiger partial charge >= 0.3 is 0 Å². The quantitative estimate of drug-likeness (QED) is 0.393. The maximum Gasteiger partial charge on any atom is 0.247 e. The van der Waals surface area contributed by atoms with Crippen molar-refractivity contribution in [2.45, 2.75) is 52.2 Å². The Morgan fingerprint density at radius 3 is 2.27 bits per heavy atom. The van der Waals surface area contributed by atoms with Crippen molar-refractivity contribution in [3.63, 3.8) is 0 Å². The van der Waals surface area contributed by atoms with Crippen molar-refractivity contribution in [3.8, 4) is 11.4 Å². The van der Waals surface area contributed by atoms with Crippen LogP contribution >= 0.6 is 0 Å². The molecule has 9 nitrogen and oxygen atoms in total. The lowest BCUT2D eigenvalue weighted by molar-refractivity contribution is -0.142. The molecule has 0 aliphatic carbocycles. The lowest BCUT2D eigenvalue weighted by Crippen LogP contribution is -2.50. The zero-order valence-corrected chi connectivity index (χ0v) is 21.4. The summed E-state index contributed by atoms with van der Waals surface area (Å²) < 4.78 is 32.4. The van der Waals surface area contributed by atoms with Crippen LogP contribution in [-0.2, 0) is 20.9 Å². The number of halogens is 2. The number of tetrazole rings is 1. The number of rotatable bonds is 11. The molecule has 1 aromatic heterocycles. The largest absolute Gasteiger partial charge is 0.382 e. The summed E-state index contributed by atoms with van der Waals surface area (Å²) in [6.07, 6.45) is 0.478. The van der Waals surface area contributed by atoms with Gasteiger partial charge in [0.25, 0.3) is 0 Å². The summed E-state index contributed by atoms with van der Waals surface area (Å²) in [6.45, 7) is 8.22. The molecule has 1 unspecified atom stereocenters. The third-order valence-corrected chi connectivity index (χ3v) is 5.29. The van der Waals surface area contributed by atoms with Gasteiger partial charge in [-0.2, -0.15) is 4.80 Å². The van der Waals surface area contributed by atoms with Gasteiger partial charge in [0, 0.05) is 30.9 Å². The zero-order chi connectivity index (χ0) is 27.0. The predicted octanol–water partition coefficient (Wildman–Crippen LogP) is 3.53. The lowest BCUT2D eigenvalue weighted by atomic mass is 10.0. The van der Waals surface area contributed by atoms with Crippen LogP contribution in [0.3, 0.4) is 0 Å². The number of nitrogens with zero attached hydrogens (tertiary/aromatic N) is 5. The molecule has 0 saturated heterocycles. The van der Waals surface area contributed by atoms with Gasteiger partial charge in [0.15, 0.2) is 0 Å². The summed E-state index contributed by atoms with van der Waals surface area (Å²) in [5, 5.41) is 15.1. The Balaban J connectivity index is 1.90. The van der Waals surface area contributed by atoms with Gasteiger partial charge in [-0.3, -0.25) is 9.59 Å². The van der Waals surface area contributed by atoms with Gasteiger partial charge in [-0.25, -0.2) is 8.78 Å². The van der Waals surface area contributed by atoms with E-state index in [2.05, 4.69) is 20.7 Å². The number of nitrogens with one attached hydrogen (secondary N) is 1. The molecule has 37 heavy (non-hydrogen) atoms. The highest BCUT2D eigenvalue weighted by Crippen LogP contribution is 2.24. The number of carbonyl (C=O) groups excluding carboxylic acids is 2. The molecular formula is C26H32F2N6O3. The van der Waals surface area contributed by atoms with Crippen LogP contribution < -0.4 is 5.32 Å². The minimum Gasteiger partial charge on any atom is -0.382 e. The predicted molar refractivity (Wildman–Crippen MR) is 133 cm³/mol. The van der Waals surface area contributed by atoms with E-state index >= 15 is 0 Å². The Labute approximate surface area is 214 Å². The van der Waals surface area contributed by atoms with Crippen LogP contribution in [0.25, 0.3) is 11.4 Å². The highest BCUT2D eigenvalue weighted by molar-refractivity contribution is 5.89. The second kappa shape index (κ2) is 12.5. The van der Waals surface area contributed by atoms with Crippen molar-refractivity contribution in [1.29, 1.82) is 0 Å². The Morgan fingerprint density at radius 2 is 1.68 bits per heavy atom. The number of ether oxygens (including phenoxy) is 1. The molecule has 11 heteroatoms. The topological polar surface area (TPSA) is 102 Å². The first-order valence-electron chi connectivity index (χ1n) is 12.1. The molecule has 3 aromatic rings. The lowest BCUT2D eigenvalue weighted by Gasteiger charge is -2.33. The summed E-state index contributed by atoms with van der Waals surface area (Å²) in [6, 6.07) is 10.1. The summed E-state index contributed by atoms with van der Waals surface area (Å²) in [5.74, 6) is -1.45. The zero-order valence-electron chi connectivity index (χ0n) is 21.4. The van der Waals surface area contributed by atoms with E-state index in [1.54, 1.807) is 0 Å². The summed E-state index contributed by atoms with van der Waals surface area (Å²) in [5.41, 5.74) is 0.446. The van der Waals surface area contributed by atoms with Crippen LogP contribution in [0.4, 0.5) is 8.78 Å². The number of hydrogen-bond acceptors (Lipinski definition) is 6. The number of carbonyl (C=O) groups is 2. The monoisotopic (exact) mass is 514 g/mol. The minimum absolute atomic E-state index is 0.206. The van der Waals surface area contributed by atoms with Crippen molar-refractivity contribution in [2.75, 3.05) is 19.8 Å². The van der Waals surface area contributed by atoms with E-state index in [9.17, 15) is 18.4 Å². The maximum atomic E-state index is 13.7. The molecule has 0 aliphatic heterocycles. The number of amides is 2. The van der Waals surface area contributed by atoms with Crippen LogP contribution in [0.15, 0.2) is 48.5 Å². The van der Waals surface area contributed by atoms with E-state index in [0.717, 1.165) is 4.80 Å². The first-order valence-corrected chi connectivity index (χ1v) is 12.1. The van der Waals surface area contributed by atoms with E-state index < -0.39 is 35.0 Å². The molecule has 1 N–H and O–H groups in total. The molecule has 1 heterocycles. The standard InChI is InChI=1S/C26H32F2N6O3/c1-5-37-16-6-15-33(23(25(36)29-26(2,3)4)18-7-11-20(27)12-8-18)22(35)17-34-31-24(30-32-34)19-9-13-21(28)14-10-19/h7-14,23H,5-6,15-17H2,1-4H3,(H,29,36). The van der Waals surface area contributed by atoms with Crippen molar-refractivity contribution in [1.82, 2.24) is 30.4 Å². The fourth-order valence-corrected chi connectivity index (χ4v) is 3.67. The first-order chi connectivity index (χ1) is 17.6. The molecule has 198 valence electrons. The molecule has 3 rings (SSSR count). The van der Waals surface area contributed by atoms with Gasteiger partial charge in [-0.05, 0) is 81.3 Å². The Bertz CT molecular complexity index is 1180. The fraction of sp³-hybridized carbons (Fsp3) is 0.423. The van der Waals surface area contributed by atoms with Crippen molar-refractivity contribution < 1.29 is 23.1 Å². The van der Waals surface area contributed by atoms with E-state index in [1.165, 1.54) is 53.4 Å². The molecule has 0 bridgehead atoms. The Morgan fingerprint density at radius 1 is 1.05 bits per heavy atom. The van der Waals surface area contributed by atoms with E-state index in [0.29, 0.717) is 30.8 Å². The molecular weight excluding hydrogens is 482 g/mol. The first kappa shape index (κ1) is 27.9. The number of benzene rings is 2.